The largest absolute Gasteiger partial charge is 0.479 e. The molecule has 0 saturated heterocycles. The van der Waals surface area contributed by atoms with E-state index in [1.165, 1.54) is 0 Å². The van der Waals surface area contributed by atoms with Gasteiger partial charge >= 0.3 is 5.97 Å². The van der Waals surface area contributed by atoms with Crippen molar-refractivity contribution in [2.45, 2.75) is 26.8 Å². The van der Waals surface area contributed by atoms with Gasteiger partial charge in [-0.3, -0.25) is 4.68 Å². The van der Waals surface area contributed by atoms with Crippen LogP contribution in [0.1, 0.15) is 20.3 Å². The summed E-state index contributed by atoms with van der Waals surface area (Å²) < 4.78 is 11.7. The van der Waals surface area contributed by atoms with Gasteiger partial charge in [0.25, 0.3) is 0 Å². The fraction of sp³-hybridized carbons (Fsp3) is 0.600. The van der Waals surface area contributed by atoms with Crippen LogP contribution >= 0.6 is 0 Å². The maximum Gasteiger partial charge on any atom is 0.344 e. The van der Waals surface area contributed by atoms with Crippen molar-refractivity contribution in [3.8, 4) is 5.75 Å². The number of aryl methyl sites for hydroxylation is 1. The summed E-state index contributed by atoms with van der Waals surface area (Å²) in [6, 6.07) is 0. The Morgan fingerprint density at radius 1 is 1.53 bits per heavy atom. The highest BCUT2D eigenvalue weighted by molar-refractivity contribution is 5.71. The minimum Gasteiger partial charge on any atom is -0.479 e. The molecule has 0 aromatic carbocycles. The first-order chi connectivity index (χ1) is 7.26. The minimum absolute atomic E-state index is 0.0638. The Bertz CT molecular complexity index is 309. The van der Waals surface area contributed by atoms with E-state index >= 15 is 0 Å². The monoisotopic (exact) mass is 212 g/mol. The van der Waals surface area contributed by atoms with Crippen LogP contribution in [0, 0.1) is 0 Å². The standard InChI is InChI=1S/C10H16N2O3/c1-3-5-12-7-9(6-11-12)15-8-10(13)14-4-2/h6-7H,3-5,8H2,1-2H3. The molecule has 0 N–H and O–H groups in total. The van der Waals surface area contributed by atoms with Gasteiger partial charge in [-0.1, -0.05) is 6.92 Å². The van der Waals surface area contributed by atoms with Gasteiger partial charge in [-0.25, -0.2) is 4.79 Å². The number of hydrogen-bond donors (Lipinski definition) is 0. The molecule has 0 aliphatic heterocycles. The van der Waals surface area contributed by atoms with Crippen molar-refractivity contribution in [3.63, 3.8) is 0 Å². The second kappa shape index (κ2) is 6.06. The van der Waals surface area contributed by atoms with Crippen LogP contribution in [0.25, 0.3) is 0 Å². The predicted molar refractivity (Wildman–Crippen MR) is 54.6 cm³/mol. The van der Waals surface area contributed by atoms with E-state index in [4.69, 9.17) is 9.47 Å². The molecule has 0 saturated carbocycles. The lowest BCUT2D eigenvalue weighted by Gasteiger charge is -2.02. The highest BCUT2D eigenvalue weighted by Gasteiger charge is 2.04. The van der Waals surface area contributed by atoms with Gasteiger partial charge in [-0.15, -0.1) is 0 Å². The maximum absolute atomic E-state index is 11.0. The first-order valence-electron chi connectivity index (χ1n) is 5.07. The molecule has 0 fully saturated rings. The summed E-state index contributed by atoms with van der Waals surface area (Å²) in [5.74, 6) is 0.234. The molecule has 1 aromatic rings. The van der Waals surface area contributed by atoms with Crippen LogP contribution in [-0.4, -0.2) is 29.0 Å². The van der Waals surface area contributed by atoms with Crippen molar-refractivity contribution in [2.24, 2.45) is 0 Å². The number of rotatable bonds is 6. The van der Waals surface area contributed by atoms with E-state index in [9.17, 15) is 4.79 Å². The molecule has 84 valence electrons. The smallest absolute Gasteiger partial charge is 0.344 e. The topological polar surface area (TPSA) is 53.4 Å². The van der Waals surface area contributed by atoms with Gasteiger partial charge in [0.1, 0.15) is 0 Å². The molecule has 0 aliphatic rings. The molecule has 1 heterocycles. The van der Waals surface area contributed by atoms with Crippen molar-refractivity contribution in [1.82, 2.24) is 9.78 Å². The molecule has 15 heavy (non-hydrogen) atoms. The zero-order chi connectivity index (χ0) is 11.1. The van der Waals surface area contributed by atoms with Crippen LogP contribution in [0.3, 0.4) is 0 Å². The van der Waals surface area contributed by atoms with Crippen LogP contribution < -0.4 is 4.74 Å². The second-order valence-corrected chi connectivity index (χ2v) is 3.03. The molecule has 5 heteroatoms. The Morgan fingerprint density at radius 3 is 3.00 bits per heavy atom. The van der Waals surface area contributed by atoms with Crippen LogP contribution in [0.2, 0.25) is 0 Å². The van der Waals surface area contributed by atoms with E-state index in [0.29, 0.717) is 12.4 Å². The van der Waals surface area contributed by atoms with Crippen molar-refractivity contribution in [3.05, 3.63) is 12.4 Å². The van der Waals surface area contributed by atoms with Gasteiger partial charge < -0.3 is 9.47 Å². The van der Waals surface area contributed by atoms with E-state index in [1.807, 2.05) is 0 Å². The third-order valence-corrected chi connectivity index (χ3v) is 1.72. The number of carbonyl (C=O) groups is 1. The number of aromatic nitrogens is 2. The summed E-state index contributed by atoms with van der Waals surface area (Å²) in [6.07, 6.45) is 4.37. The average Bonchev–Trinajstić information content (AvgIpc) is 2.64. The number of esters is 1. The molecule has 5 nitrogen and oxygen atoms in total. The summed E-state index contributed by atoms with van der Waals surface area (Å²) in [4.78, 5) is 11.0. The summed E-state index contributed by atoms with van der Waals surface area (Å²) >= 11 is 0. The molecule has 0 bridgehead atoms. The zero-order valence-corrected chi connectivity index (χ0v) is 9.10. The molecule has 0 atom stereocenters. The molecular weight excluding hydrogens is 196 g/mol. The normalized spacial score (nSPS) is 10.0. The maximum atomic E-state index is 11.0. The van der Waals surface area contributed by atoms with E-state index in [-0.39, 0.29) is 12.6 Å². The molecule has 0 unspecified atom stereocenters. The Kier molecular flexibility index (Phi) is 4.66. The molecule has 1 aromatic heterocycles. The lowest BCUT2D eigenvalue weighted by atomic mass is 10.5. The molecule has 0 amide bonds. The lowest BCUT2D eigenvalue weighted by molar-refractivity contribution is -0.145. The first kappa shape index (κ1) is 11.6. The third-order valence-electron chi connectivity index (χ3n) is 1.72. The Balaban J connectivity index is 2.34. The summed E-state index contributed by atoms with van der Waals surface area (Å²) in [5.41, 5.74) is 0. The lowest BCUT2D eigenvalue weighted by Crippen LogP contribution is -2.14. The number of carbonyl (C=O) groups excluding carboxylic acids is 1. The zero-order valence-electron chi connectivity index (χ0n) is 9.10. The van der Waals surface area contributed by atoms with Gasteiger partial charge in [0.2, 0.25) is 0 Å². The quantitative estimate of drug-likeness (QED) is 0.666. The predicted octanol–water partition coefficient (Wildman–Crippen LogP) is 1.23. The first-order valence-corrected chi connectivity index (χ1v) is 5.07. The molecule has 1 rings (SSSR count). The number of ether oxygens (including phenoxy) is 2. The van der Waals surface area contributed by atoms with Gasteiger partial charge in [-0.2, -0.15) is 5.10 Å². The molecule has 0 radical (unpaired) electrons. The Hall–Kier alpha value is -1.52. The van der Waals surface area contributed by atoms with Crippen molar-refractivity contribution < 1.29 is 14.3 Å². The second-order valence-electron chi connectivity index (χ2n) is 3.03. The fourth-order valence-electron chi connectivity index (χ4n) is 1.12. The van der Waals surface area contributed by atoms with Crippen LogP contribution in [0.4, 0.5) is 0 Å². The van der Waals surface area contributed by atoms with Crippen molar-refractivity contribution >= 4 is 5.97 Å². The summed E-state index contributed by atoms with van der Waals surface area (Å²) in [7, 11) is 0. The SMILES string of the molecule is CCCn1cc(OCC(=O)OCC)cn1. The average molecular weight is 212 g/mol. The molecule has 0 spiro atoms. The van der Waals surface area contributed by atoms with Gasteiger partial charge in [0.15, 0.2) is 12.4 Å². The van der Waals surface area contributed by atoms with E-state index in [1.54, 1.807) is 24.0 Å². The third kappa shape index (κ3) is 4.01. The highest BCUT2D eigenvalue weighted by atomic mass is 16.6. The highest BCUT2D eigenvalue weighted by Crippen LogP contribution is 2.08. The van der Waals surface area contributed by atoms with Gasteiger partial charge in [0.05, 0.1) is 19.0 Å². The van der Waals surface area contributed by atoms with E-state index < -0.39 is 0 Å². The van der Waals surface area contributed by atoms with Crippen LogP contribution in [-0.2, 0) is 16.1 Å². The minimum atomic E-state index is -0.360. The fourth-order valence-corrected chi connectivity index (χ4v) is 1.12. The van der Waals surface area contributed by atoms with E-state index in [0.717, 1.165) is 13.0 Å². The van der Waals surface area contributed by atoms with Crippen LogP contribution in [0.15, 0.2) is 12.4 Å². The van der Waals surface area contributed by atoms with Gasteiger partial charge in [-0.05, 0) is 13.3 Å². The summed E-state index contributed by atoms with van der Waals surface area (Å²) in [5, 5.41) is 4.07. The number of hydrogen-bond acceptors (Lipinski definition) is 4. The van der Waals surface area contributed by atoms with E-state index in [2.05, 4.69) is 12.0 Å². The summed E-state index contributed by atoms with van der Waals surface area (Å²) in [6.45, 7) is 4.99. The molecule has 0 aliphatic carbocycles. The van der Waals surface area contributed by atoms with Gasteiger partial charge in [0, 0.05) is 6.54 Å². The Morgan fingerprint density at radius 2 is 2.33 bits per heavy atom. The molecular formula is C10H16N2O3. The van der Waals surface area contributed by atoms with Crippen molar-refractivity contribution in [1.29, 1.82) is 0 Å². The number of nitrogens with zero attached hydrogens (tertiary/aromatic N) is 2. The van der Waals surface area contributed by atoms with Crippen molar-refractivity contribution in [2.75, 3.05) is 13.2 Å². The Labute approximate surface area is 89.0 Å². The van der Waals surface area contributed by atoms with Crippen LogP contribution in [0.5, 0.6) is 5.75 Å².